The van der Waals surface area contributed by atoms with E-state index in [0.29, 0.717) is 36.5 Å². The van der Waals surface area contributed by atoms with Gasteiger partial charge in [-0.05, 0) is 35.7 Å². The van der Waals surface area contributed by atoms with E-state index in [1.54, 1.807) is 17.1 Å². The van der Waals surface area contributed by atoms with Gasteiger partial charge in [0, 0.05) is 43.7 Å². The summed E-state index contributed by atoms with van der Waals surface area (Å²) in [6.07, 6.45) is 4.56. The van der Waals surface area contributed by atoms with Crippen LogP contribution in [-0.2, 0) is 7.05 Å². The van der Waals surface area contributed by atoms with E-state index in [1.165, 1.54) is 4.90 Å². The molecule has 0 atom stereocenters. The molecule has 4 aromatic rings. The van der Waals surface area contributed by atoms with Crippen LogP contribution in [0.15, 0.2) is 42.9 Å². The first-order chi connectivity index (χ1) is 16.4. The molecular weight excluding hydrogens is 434 g/mol. The monoisotopic (exact) mass is 459 g/mol. The Hall–Kier alpha value is -4.28. The molecule has 0 unspecified atom stereocenters. The van der Waals surface area contributed by atoms with Gasteiger partial charge in [0.2, 0.25) is 0 Å². The molecule has 174 valence electrons. The van der Waals surface area contributed by atoms with Gasteiger partial charge in [0.15, 0.2) is 11.6 Å². The summed E-state index contributed by atoms with van der Waals surface area (Å²) in [5, 5.41) is 28.4. The van der Waals surface area contributed by atoms with Crippen LogP contribution in [0.3, 0.4) is 0 Å². The largest absolute Gasteiger partial charge is 0.465 e. The van der Waals surface area contributed by atoms with E-state index < -0.39 is 6.09 Å². The number of rotatable bonds is 6. The molecule has 0 saturated carbocycles. The molecule has 0 aromatic carbocycles. The van der Waals surface area contributed by atoms with Crippen LogP contribution in [0, 0.1) is 0 Å². The summed E-state index contributed by atoms with van der Waals surface area (Å²) in [6.45, 7) is 5.07. The summed E-state index contributed by atoms with van der Waals surface area (Å²) in [7, 11) is 1.85. The number of amides is 1. The number of carbonyl (C=O) groups is 1. The molecule has 0 bridgehead atoms. The molecule has 11 heteroatoms. The molecule has 0 radical (unpaired) electrons. The smallest absolute Gasteiger partial charge is 0.407 e. The zero-order chi connectivity index (χ0) is 23.8. The quantitative estimate of drug-likeness (QED) is 0.396. The van der Waals surface area contributed by atoms with Gasteiger partial charge in [0.05, 0.1) is 23.3 Å². The fraction of sp³-hybridized carbons (Fsp3) is 0.304. The van der Waals surface area contributed by atoms with Gasteiger partial charge in [-0.1, -0.05) is 13.8 Å². The Labute approximate surface area is 195 Å². The average Bonchev–Trinajstić information content (AvgIpc) is 3.15. The Bertz CT molecular complexity index is 1360. The third kappa shape index (κ3) is 4.32. The molecule has 1 aliphatic heterocycles. The zero-order valence-corrected chi connectivity index (χ0v) is 19.1. The van der Waals surface area contributed by atoms with Gasteiger partial charge in [-0.25, -0.2) is 9.78 Å². The van der Waals surface area contributed by atoms with Gasteiger partial charge in [0.1, 0.15) is 5.82 Å². The zero-order valence-electron chi connectivity index (χ0n) is 19.1. The van der Waals surface area contributed by atoms with Crippen molar-refractivity contribution in [2.24, 2.45) is 7.05 Å². The van der Waals surface area contributed by atoms with E-state index in [2.05, 4.69) is 44.8 Å². The SMILES string of the molecule is CC(C)c1cnnc(Nc2ccc3ncc(-c4cn(C)nc4NC4CN(C(=O)O)C4)cc3n2)c1. The van der Waals surface area contributed by atoms with Crippen LogP contribution < -0.4 is 10.6 Å². The lowest BCUT2D eigenvalue weighted by molar-refractivity contribution is 0.111. The number of carboxylic acid groups (broad SMARTS) is 1. The van der Waals surface area contributed by atoms with Crippen molar-refractivity contribution in [3.63, 3.8) is 0 Å². The highest BCUT2D eigenvalue weighted by atomic mass is 16.4. The van der Waals surface area contributed by atoms with Crippen LogP contribution in [0.1, 0.15) is 25.3 Å². The number of nitrogens with one attached hydrogen (secondary N) is 2. The molecule has 1 fully saturated rings. The molecule has 0 spiro atoms. The fourth-order valence-corrected chi connectivity index (χ4v) is 3.84. The number of likely N-dealkylation sites (tertiary alicyclic amines) is 1. The fourth-order valence-electron chi connectivity index (χ4n) is 3.84. The van der Waals surface area contributed by atoms with Gasteiger partial charge >= 0.3 is 6.09 Å². The average molecular weight is 460 g/mol. The number of anilines is 3. The molecule has 5 rings (SSSR count). The van der Waals surface area contributed by atoms with Crippen molar-refractivity contribution < 1.29 is 9.90 Å². The lowest BCUT2D eigenvalue weighted by atomic mass is 10.1. The first kappa shape index (κ1) is 21.6. The van der Waals surface area contributed by atoms with E-state index in [1.807, 2.05) is 37.5 Å². The summed E-state index contributed by atoms with van der Waals surface area (Å²) in [5.41, 5.74) is 4.33. The highest BCUT2D eigenvalue weighted by Crippen LogP contribution is 2.30. The molecule has 3 N–H and O–H groups in total. The molecule has 4 aromatic heterocycles. The van der Waals surface area contributed by atoms with E-state index in [4.69, 9.17) is 10.1 Å². The lowest BCUT2D eigenvalue weighted by Crippen LogP contribution is -2.56. The molecule has 1 saturated heterocycles. The second kappa shape index (κ2) is 8.58. The Morgan fingerprint density at radius 3 is 2.74 bits per heavy atom. The minimum Gasteiger partial charge on any atom is -0.465 e. The summed E-state index contributed by atoms with van der Waals surface area (Å²) in [6, 6.07) is 7.73. The van der Waals surface area contributed by atoms with Crippen LogP contribution in [-0.4, -0.2) is 65.2 Å². The number of fused-ring (bicyclic) bond motifs is 1. The van der Waals surface area contributed by atoms with Crippen molar-refractivity contribution in [3.05, 3.63) is 48.4 Å². The summed E-state index contributed by atoms with van der Waals surface area (Å²) >= 11 is 0. The van der Waals surface area contributed by atoms with Gasteiger partial charge in [-0.3, -0.25) is 9.67 Å². The summed E-state index contributed by atoms with van der Waals surface area (Å²) in [4.78, 5) is 21.7. The molecule has 5 heterocycles. The van der Waals surface area contributed by atoms with Gasteiger partial charge in [-0.2, -0.15) is 10.2 Å². The van der Waals surface area contributed by atoms with Crippen molar-refractivity contribution >= 4 is 34.6 Å². The lowest BCUT2D eigenvalue weighted by Gasteiger charge is -2.37. The van der Waals surface area contributed by atoms with Crippen molar-refractivity contribution in [3.8, 4) is 11.1 Å². The Morgan fingerprint density at radius 2 is 1.97 bits per heavy atom. The molecular formula is C23H25N9O2. The number of aromatic nitrogens is 6. The van der Waals surface area contributed by atoms with Crippen molar-refractivity contribution in [2.45, 2.75) is 25.8 Å². The Kier molecular flexibility index (Phi) is 5.44. The van der Waals surface area contributed by atoms with Crippen LogP contribution >= 0.6 is 0 Å². The number of nitrogens with zero attached hydrogens (tertiary/aromatic N) is 7. The first-order valence-electron chi connectivity index (χ1n) is 11.0. The highest BCUT2D eigenvalue weighted by molar-refractivity contribution is 5.84. The number of hydrogen-bond donors (Lipinski definition) is 3. The van der Waals surface area contributed by atoms with E-state index in [9.17, 15) is 4.79 Å². The minimum atomic E-state index is -0.907. The predicted octanol–water partition coefficient (Wildman–Crippen LogP) is 3.46. The molecule has 34 heavy (non-hydrogen) atoms. The number of aryl methyl sites for hydroxylation is 1. The van der Waals surface area contributed by atoms with Gasteiger partial charge in [-0.15, -0.1) is 5.10 Å². The van der Waals surface area contributed by atoms with E-state index in [-0.39, 0.29) is 6.04 Å². The van der Waals surface area contributed by atoms with Gasteiger partial charge in [0.25, 0.3) is 0 Å². The predicted molar refractivity (Wildman–Crippen MR) is 128 cm³/mol. The Morgan fingerprint density at radius 1 is 1.15 bits per heavy atom. The Balaban J connectivity index is 1.40. The number of pyridine rings is 2. The normalized spacial score (nSPS) is 13.8. The van der Waals surface area contributed by atoms with Crippen LogP contribution in [0.5, 0.6) is 0 Å². The molecule has 11 nitrogen and oxygen atoms in total. The van der Waals surface area contributed by atoms with Crippen LogP contribution in [0.25, 0.3) is 22.2 Å². The topological polar surface area (TPSA) is 134 Å². The van der Waals surface area contributed by atoms with Crippen molar-refractivity contribution in [1.82, 2.24) is 34.8 Å². The summed E-state index contributed by atoms with van der Waals surface area (Å²) < 4.78 is 1.72. The van der Waals surface area contributed by atoms with E-state index >= 15 is 0 Å². The third-order valence-electron chi connectivity index (χ3n) is 5.77. The number of hydrogen-bond acceptors (Lipinski definition) is 8. The summed E-state index contributed by atoms with van der Waals surface area (Å²) in [5.74, 6) is 2.32. The highest BCUT2D eigenvalue weighted by Gasteiger charge is 2.31. The first-order valence-corrected chi connectivity index (χ1v) is 11.0. The molecule has 0 aliphatic carbocycles. The van der Waals surface area contributed by atoms with Crippen molar-refractivity contribution in [1.29, 1.82) is 0 Å². The second-order valence-corrected chi connectivity index (χ2v) is 8.71. The maximum Gasteiger partial charge on any atom is 0.407 e. The standard InChI is InChI=1S/C23H25N9O2/c1-13(2)14-7-21(29-25-9-14)28-20-5-4-18-19(27-20)6-15(8-24-18)17-12-31(3)30-22(17)26-16-10-32(11-16)23(33)34/h4-9,12-13,16H,10-11H2,1-3H3,(H,26,30)(H,33,34)(H,27,28,29). The second-order valence-electron chi connectivity index (χ2n) is 8.71. The maximum absolute atomic E-state index is 11.0. The van der Waals surface area contributed by atoms with Crippen LogP contribution in [0.2, 0.25) is 0 Å². The minimum absolute atomic E-state index is 0.0230. The third-order valence-corrected chi connectivity index (χ3v) is 5.77. The molecule has 1 aliphatic rings. The van der Waals surface area contributed by atoms with Crippen LogP contribution in [0.4, 0.5) is 22.2 Å². The van der Waals surface area contributed by atoms with Gasteiger partial charge < -0.3 is 20.6 Å². The molecule has 1 amide bonds. The maximum atomic E-state index is 11.0. The van der Waals surface area contributed by atoms with Crippen molar-refractivity contribution in [2.75, 3.05) is 23.7 Å². The van der Waals surface area contributed by atoms with E-state index in [0.717, 1.165) is 27.7 Å².